The largest absolute Gasteiger partial charge is 1.00 e. The van der Waals surface area contributed by atoms with Crippen molar-refractivity contribution in [2.24, 2.45) is 0 Å². The van der Waals surface area contributed by atoms with Gasteiger partial charge in [-0.05, 0) is 22.9 Å². The second kappa shape index (κ2) is 6.71. The molecule has 0 amide bonds. The number of aromatic amines is 2. The van der Waals surface area contributed by atoms with Crippen LogP contribution in [0, 0.1) is 0 Å². The molecule has 4 aromatic rings. The number of para-hydroxylation sites is 2. The minimum absolute atomic E-state index is 0. The molecule has 2 aromatic heterocycles. The molecule has 6 heteroatoms. The van der Waals surface area contributed by atoms with Gasteiger partial charge < -0.3 is 20.2 Å². The van der Waals surface area contributed by atoms with Crippen molar-refractivity contribution >= 4 is 21.8 Å². The van der Waals surface area contributed by atoms with E-state index in [2.05, 4.69) is 9.97 Å². The summed E-state index contributed by atoms with van der Waals surface area (Å²) in [5, 5.41) is 25.9. The Labute approximate surface area is 171 Å². The maximum Gasteiger partial charge on any atom is 1.00 e. The minimum atomic E-state index is -0.149. The molecule has 0 aliphatic heterocycles. The zero-order chi connectivity index (χ0) is 13.7. The van der Waals surface area contributed by atoms with E-state index < -0.39 is 0 Å². The molecule has 0 unspecified atom stereocenters. The van der Waals surface area contributed by atoms with Crippen LogP contribution in [0.2, 0.25) is 0 Å². The summed E-state index contributed by atoms with van der Waals surface area (Å²) in [5.74, 6) is -0.298. The monoisotopic (exact) mass is 308 g/mol. The molecule has 0 radical (unpaired) electrons. The van der Waals surface area contributed by atoms with Crippen LogP contribution in [0.1, 0.15) is 0 Å². The van der Waals surface area contributed by atoms with E-state index in [4.69, 9.17) is 0 Å². The molecule has 0 spiro atoms. The molecule has 4 rings (SSSR count). The molecular weight excluding hydrogens is 298 g/mol. The first-order valence-corrected chi connectivity index (χ1v) is 6.31. The van der Waals surface area contributed by atoms with Gasteiger partial charge in [-0.1, -0.05) is 47.9 Å². The number of nitrogens with one attached hydrogen (secondary N) is 2. The van der Waals surface area contributed by atoms with Gasteiger partial charge in [-0.15, -0.1) is 0 Å². The van der Waals surface area contributed by atoms with Crippen LogP contribution in [0.5, 0.6) is 11.5 Å². The van der Waals surface area contributed by atoms with Crippen molar-refractivity contribution in [3.8, 4) is 22.9 Å². The molecule has 0 aliphatic carbocycles. The van der Waals surface area contributed by atoms with Crippen LogP contribution in [0.25, 0.3) is 33.2 Å². The fourth-order valence-electron chi connectivity index (χ4n) is 2.58. The predicted molar refractivity (Wildman–Crippen MR) is 74.5 cm³/mol. The normalized spacial score (nSPS) is 10.4. The van der Waals surface area contributed by atoms with Crippen LogP contribution in [-0.4, -0.2) is 9.97 Å². The van der Waals surface area contributed by atoms with Gasteiger partial charge in [0.05, 0.1) is 11.4 Å². The Morgan fingerprint density at radius 3 is 1.32 bits per heavy atom. The Bertz CT molecular complexity index is 866. The standard InChI is InChI=1S/C16H12N2O2.2Na/c19-15-9-5-1-3-7-11(9)17-13(15)14-16(20)10-6-2-4-8-12(10)18-14;;/h1-8,17-20H;;/q;2*+1/p-2. The van der Waals surface area contributed by atoms with Gasteiger partial charge in [-0.2, -0.15) is 0 Å². The Kier molecular flexibility index (Phi) is 5.33. The number of H-pyrrole nitrogens is 2. The molecule has 4 nitrogen and oxygen atoms in total. The van der Waals surface area contributed by atoms with Gasteiger partial charge in [0.2, 0.25) is 0 Å². The van der Waals surface area contributed by atoms with Crippen LogP contribution >= 0.6 is 0 Å². The van der Waals surface area contributed by atoms with Gasteiger partial charge >= 0.3 is 59.1 Å². The summed E-state index contributed by atoms with van der Waals surface area (Å²) in [6.07, 6.45) is 0. The minimum Gasteiger partial charge on any atom is -0.871 e. The molecular formula is C16H10N2Na2O2. The molecule has 0 saturated carbocycles. The van der Waals surface area contributed by atoms with Crippen molar-refractivity contribution in [1.82, 2.24) is 9.97 Å². The van der Waals surface area contributed by atoms with Crippen molar-refractivity contribution in [3.63, 3.8) is 0 Å². The Balaban J connectivity index is 0.000000882. The number of aromatic nitrogens is 2. The van der Waals surface area contributed by atoms with Gasteiger partial charge in [0, 0.05) is 11.0 Å². The number of hydrogen-bond donors (Lipinski definition) is 2. The van der Waals surface area contributed by atoms with Crippen molar-refractivity contribution in [3.05, 3.63) is 48.5 Å². The zero-order valence-corrected chi connectivity index (χ0v) is 16.4. The fraction of sp³-hybridized carbons (Fsp3) is 0. The summed E-state index contributed by atoms with van der Waals surface area (Å²) in [6.45, 7) is 0. The van der Waals surface area contributed by atoms with E-state index in [1.54, 1.807) is 12.1 Å². The molecule has 0 aliphatic rings. The van der Waals surface area contributed by atoms with Gasteiger partial charge in [0.1, 0.15) is 0 Å². The molecule has 22 heavy (non-hydrogen) atoms. The fourth-order valence-corrected chi connectivity index (χ4v) is 2.58. The topological polar surface area (TPSA) is 77.7 Å². The number of fused-ring (bicyclic) bond motifs is 2. The number of rotatable bonds is 1. The Morgan fingerprint density at radius 2 is 0.955 bits per heavy atom. The van der Waals surface area contributed by atoms with Gasteiger partial charge in [-0.25, -0.2) is 0 Å². The molecule has 98 valence electrons. The summed E-state index contributed by atoms with van der Waals surface area (Å²) in [5.41, 5.74) is 2.14. The maximum absolute atomic E-state index is 12.4. The smallest absolute Gasteiger partial charge is 0.871 e. The second-order valence-corrected chi connectivity index (χ2v) is 4.75. The van der Waals surface area contributed by atoms with Crippen molar-refractivity contribution in [1.29, 1.82) is 0 Å². The third kappa shape index (κ3) is 2.60. The summed E-state index contributed by atoms with van der Waals surface area (Å²) in [4.78, 5) is 6.08. The summed E-state index contributed by atoms with van der Waals surface area (Å²) in [6, 6.07) is 14.5. The Hall–Kier alpha value is -0.880. The van der Waals surface area contributed by atoms with E-state index in [-0.39, 0.29) is 70.6 Å². The average molecular weight is 308 g/mol. The van der Waals surface area contributed by atoms with Crippen LogP contribution < -0.4 is 69.3 Å². The molecule has 2 heterocycles. The second-order valence-electron chi connectivity index (χ2n) is 4.75. The first-order valence-electron chi connectivity index (χ1n) is 6.31. The van der Waals surface area contributed by atoms with E-state index in [1.807, 2.05) is 36.4 Å². The molecule has 0 atom stereocenters. The van der Waals surface area contributed by atoms with E-state index in [0.29, 0.717) is 22.2 Å². The maximum atomic E-state index is 12.4. The molecule has 2 aromatic carbocycles. The molecule has 0 saturated heterocycles. The van der Waals surface area contributed by atoms with Crippen LogP contribution in [0.4, 0.5) is 0 Å². The quantitative estimate of drug-likeness (QED) is 0.358. The van der Waals surface area contributed by atoms with Crippen LogP contribution in [0.3, 0.4) is 0 Å². The van der Waals surface area contributed by atoms with Gasteiger partial charge in [0.25, 0.3) is 0 Å². The molecule has 2 N–H and O–H groups in total. The first kappa shape index (κ1) is 17.5. The van der Waals surface area contributed by atoms with E-state index in [9.17, 15) is 10.2 Å². The Morgan fingerprint density at radius 1 is 0.591 bits per heavy atom. The number of benzene rings is 2. The average Bonchev–Trinajstić information content (AvgIpc) is 2.98. The third-order valence-electron chi connectivity index (χ3n) is 3.57. The van der Waals surface area contributed by atoms with Gasteiger partial charge in [-0.3, -0.25) is 0 Å². The van der Waals surface area contributed by atoms with Crippen molar-refractivity contribution in [2.75, 3.05) is 0 Å². The SMILES string of the molecule is [Na+].[Na+].[O-]c1c(-c2[nH]c3ccccc3c2[O-])[nH]c2ccccc12. The summed E-state index contributed by atoms with van der Waals surface area (Å²) in [7, 11) is 0. The zero-order valence-electron chi connectivity index (χ0n) is 12.4. The first-order chi connectivity index (χ1) is 9.75. The summed E-state index contributed by atoms with van der Waals surface area (Å²) >= 11 is 0. The third-order valence-corrected chi connectivity index (χ3v) is 3.57. The predicted octanol–water partition coefficient (Wildman–Crippen LogP) is -3.53. The molecule has 0 fully saturated rings. The van der Waals surface area contributed by atoms with E-state index >= 15 is 0 Å². The van der Waals surface area contributed by atoms with E-state index in [1.165, 1.54) is 0 Å². The van der Waals surface area contributed by atoms with Crippen LogP contribution in [0.15, 0.2) is 48.5 Å². The van der Waals surface area contributed by atoms with Gasteiger partial charge in [0.15, 0.2) is 0 Å². The summed E-state index contributed by atoms with van der Waals surface area (Å²) < 4.78 is 0. The number of hydrogen-bond acceptors (Lipinski definition) is 2. The van der Waals surface area contributed by atoms with Crippen LogP contribution in [-0.2, 0) is 0 Å². The van der Waals surface area contributed by atoms with Crippen molar-refractivity contribution in [2.45, 2.75) is 0 Å². The molecule has 0 bridgehead atoms. The van der Waals surface area contributed by atoms with E-state index in [0.717, 1.165) is 11.0 Å². The van der Waals surface area contributed by atoms with Crippen molar-refractivity contribution < 1.29 is 69.3 Å².